The maximum Gasteiger partial charge on any atom is 0.124 e. The largest absolute Gasteiger partial charge is 0.507 e. The normalized spacial score (nSPS) is 12.7. The van der Waals surface area contributed by atoms with Gasteiger partial charge < -0.3 is 10.2 Å². The lowest BCUT2D eigenvalue weighted by Gasteiger charge is -2.10. The van der Waals surface area contributed by atoms with E-state index in [9.17, 15) is 10.2 Å². The Morgan fingerprint density at radius 2 is 1.65 bits per heavy atom. The second-order valence-corrected chi connectivity index (χ2v) is 5.52. The molecule has 3 aromatic rings. The lowest BCUT2D eigenvalue weighted by Crippen LogP contribution is -2.14. The predicted octanol–water partition coefficient (Wildman–Crippen LogP) is 3.57. The fourth-order valence-corrected chi connectivity index (χ4v) is 2.65. The van der Waals surface area contributed by atoms with Gasteiger partial charge in [-0.2, -0.15) is 0 Å². The Morgan fingerprint density at radius 3 is 2.43 bits per heavy atom. The summed E-state index contributed by atoms with van der Waals surface area (Å²) in [6.45, 7) is -0.0308. The smallest absolute Gasteiger partial charge is 0.124 e. The number of aliphatic imine (C=N–C) groups is 1. The van der Waals surface area contributed by atoms with Gasteiger partial charge in [0.25, 0.3) is 0 Å². The molecule has 0 heterocycles. The van der Waals surface area contributed by atoms with Crippen molar-refractivity contribution in [2.24, 2.45) is 4.99 Å². The molecule has 0 saturated heterocycles. The van der Waals surface area contributed by atoms with Crippen molar-refractivity contribution in [1.29, 1.82) is 0 Å². The van der Waals surface area contributed by atoms with Crippen molar-refractivity contribution in [1.82, 2.24) is 0 Å². The van der Waals surface area contributed by atoms with Gasteiger partial charge in [0.15, 0.2) is 0 Å². The highest BCUT2D eigenvalue weighted by molar-refractivity contribution is 6.02. The molecule has 0 aliphatic heterocycles. The van der Waals surface area contributed by atoms with Gasteiger partial charge in [-0.3, -0.25) is 4.99 Å². The lowest BCUT2D eigenvalue weighted by molar-refractivity contribution is 0.266. The van der Waals surface area contributed by atoms with E-state index in [1.165, 1.54) is 0 Å². The van der Waals surface area contributed by atoms with Crippen molar-refractivity contribution in [2.45, 2.75) is 12.5 Å². The zero-order valence-electron chi connectivity index (χ0n) is 12.8. The van der Waals surface area contributed by atoms with Gasteiger partial charge in [0, 0.05) is 11.8 Å². The molecule has 0 radical (unpaired) electrons. The van der Waals surface area contributed by atoms with Crippen molar-refractivity contribution < 1.29 is 10.2 Å². The minimum absolute atomic E-state index is 0.0308. The molecule has 23 heavy (non-hydrogen) atoms. The molecule has 3 heteroatoms. The number of phenolic OH excluding ortho intramolecular Hbond substituents is 1. The van der Waals surface area contributed by atoms with Crippen LogP contribution in [0.2, 0.25) is 0 Å². The van der Waals surface area contributed by atoms with E-state index in [0.29, 0.717) is 12.0 Å². The number of rotatable bonds is 5. The molecular weight excluding hydrogens is 286 g/mol. The van der Waals surface area contributed by atoms with E-state index in [1.807, 2.05) is 60.7 Å². The van der Waals surface area contributed by atoms with Crippen molar-refractivity contribution in [2.75, 3.05) is 6.61 Å². The first-order chi connectivity index (χ1) is 11.3. The van der Waals surface area contributed by atoms with Crippen LogP contribution in [0, 0.1) is 0 Å². The number of aliphatic hydroxyl groups is 1. The average Bonchev–Trinajstić information content (AvgIpc) is 2.60. The van der Waals surface area contributed by atoms with Gasteiger partial charge in [0.2, 0.25) is 0 Å². The van der Waals surface area contributed by atoms with Gasteiger partial charge >= 0.3 is 0 Å². The summed E-state index contributed by atoms with van der Waals surface area (Å²) in [5.41, 5.74) is 1.82. The summed E-state index contributed by atoms with van der Waals surface area (Å²) < 4.78 is 0. The van der Waals surface area contributed by atoms with Gasteiger partial charge in [0.1, 0.15) is 5.75 Å². The van der Waals surface area contributed by atoms with Crippen LogP contribution in [-0.2, 0) is 6.42 Å². The predicted molar refractivity (Wildman–Crippen MR) is 94.2 cm³/mol. The molecule has 0 aliphatic carbocycles. The quantitative estimate of drug-likeness (QED) is 0.708. The third-order valence-corrected chi connectivity index (χ3v) is 3.89. The van der Waals surface area contributed by atoms with Gasteiger partial charge in [-0.05, 0) is 28.8 Å². The number of hydrogen-bond donors (Lipinski definition) is 2. The molecule has 3 nitrogen and oxygen atoms in total. The average molecular weight is 305 g/mol. The Morgan fingerprint density at radius 1 is 0.913 bits per heavy atom. The standard InChI is InChI=1S/C20H19NO2/c22-14-17(12-15-6-2-1-3-7-15)21-13-19-18-9-5-4-8-16(18)10-11-20(19)23/h1-11,13,17,22-23H,12,14H2/t17-/m0/s1. The highest BCUT2D eigenvalue weighted by Crippen LogP contribution is 2.25. The third-order valence-electron chi connectivity index (χ3n) is 3.89. The second kappa shape index (κ2) is 7.07. The Hall–Kier alpha value is -2.65. The van der Waals surface area contributed by atoms with Crippen molar-refractivity contribution >= 4 is 17.0 Å². The first-order valence-electron chi connectivity index (χ1n) is 7.66. The Balaban J connectivity index is 1.88. The minimum atomic E-state index is -0.226. The van der Waals surface area contributed by atoms with Crippen molar-refractivity contribution in [3.63, 3.8) is 0 Å². The number of phenols is 1. The van der Waals surface area contributed by atoms with E-state index in [4.69, 9.17) is 0 Å². The molecule has 0 fully saturated rings. The number of nitrogens with zero attached hydrogens (tertiary/aromatic N) is 1. The summed E-state index contributed by atoms with van der Waals surface area (Å²) in [6.07, 6.45) is 2.33. The summed E-state index contributed by atoms with van der Waals surface area (Å²) in [5.74, 6) is 0.198. The van der Waals surface area contributed by atoms with Crippen LogP contribution in [0.5, 0.6) is 5.75 Å². The molecule has 0 amide bonds. The molecule has 0 aliphatic rings. The number of benzene rings is 3. The van der Waals surface area contributed by atoms with E-state index in [0.717, 1.165) is 16.3 Å². The number of aromatic hydroxyl groups is 1. The van der Waals surface area contributed by atoms with Crippen LogP contribution in [0.25, 0.3) is 10.8 Å². The number of fused-ring (bicyclic) bond motifs is 1. The van der Waals surface area contributed by atoms with Crippen LogP contribution in [0.1, 0.15) is 11.1 Å². The van der Waals surface area contributed by atoms with E-state index in [2.05, 4.69) is 4.99 Å². The lowest BCUT2D eigenvalue weighted by atomic mass is 10.0. The fourth-order valence-electron chi connectivity index (χ4n) is 2.65. The fraction of sp³-hybridized carbons (Fsp3) is 0.150. The molecular formula is C20H19NO2. The van der Waals surface area contributed by atoms with Crippen LogP contribution >= 0.6 is 0 Å². The monoisotopic (exact) mass is 305 g/mol. The molecule has 3 aromatic carbocycles. The molecule has 0 unspecified atom stereocenters. The van der Waals surface area contributed by atoms with Gasteiger partial charge in [-0.25, -0.2) is 0 Å². The maximum atomic E-state index is 10.1. The number of hydrogen-bond acceptors (Lipinski definition) is 3. The van der Waals surface area contributed by atoms with Crippen LogP contribution < -0.4 is 0 Å². The Bertz CT molecular complexity index is 812. The van der Waals surface area contributed by atoms with Crippen LogP contribution in [0.15, 0.2) is 71.7 Å². The van der Waals surface area contributed by atoms with E-state index >= 15 is 0 Å². The van der Waals surface area contributed by atoms with Crippen molar-refractivity contribution in [3.05, 3.63) is 77.9 Å². The van der Waals surface area contributed by atoms with E-state index in [-0.39, 0.29) is 18.4 Å². The summed E-state index contributed by atoms with van der Waals surface area (Å²) in [4.78, 5) is 4.48. The van der Waals surface area contributed by atoms with Gasteiger partial charge in [0.05, 0.1) is 12.6 Å². The third kappa shape index (κ3) is 3.58. The molecule has 2 N–H and O–H groups in total. The summed E-state index contributed by atoms with van der Waals surface area (Å²) in [5, 5.41) is 21.7. The Kier molecular flexibility index (Phi) is 4.69. The number of aliphatic hydroxyl groups excluding tert-OH is 1. The molecule has 1 atom stereocenters. The second-order valence-electron chi connectivity index (χ2n) is 5.52. The molecule has 3 rings (SSSR count). The zero-order chi connectivity index (χ0) is 16.1. The summed E-state index contributed by atoms with van der Waals surface area (Å²) in [6, 6.07) is 21.2. The maximum absolute atomic E-state index is 10.1. The van der Waals surface area contributed by atoms with E-state index < -0.39 is 0 Å². The van der Waals surface area contributed by atoms with Crippen LogP contribution in [0.4, 0.5) is 0 Å². The highest BCUT2D eigenvalue weighted by atomic mass is 16.3. The molecule has 0 saturated carbocycles. The first kappa shape index (κ1) is 15.3. The van der Waals surface area contributed by atoms with E-state index in [1.54, 1.807) is 12.3 Å². The zero-order valence-corrected chi connectivity index (χ0v) is 12.8. The summed E-state index contributed by atoms with van der Waals surface area (Å²) in [7, 11) is 0. The van der Waals surface area contributed by atoms with Crippen molar-refractivity contribution in [3.8, 4) is 5.75 Å². The molecule has 0 bridgehead atoms. The molecule has 0 spiro atoms. The first-order valence-corrected chi connectivity index (χ1v) is 7.66. The van der Waals surface area contributed by atoms with Crippen LogP contribution in [-0.4, -0.2) is 29.1 Å². The highest BCUT2D eigenvalue weighted by Gasteiger charge is 2.08. The molecule has 116 valence electrons. The van der Waals surface area contributed by atoms with Crippen LogP contribution in [0.3, 0.4) is 0 Å². The Labute approximate surface area is 135 Å². The SMILES string of the molecule is OC[C@H](Cc1ccccc1)N=Cc1c(O)ccc2ccccc12. The van der Waals surface area contributed by atoms with Gasteiger partial charge in [-0.15, -0.1) is 0 Å². The molecule has 0 aromatic heterocycles. The minimum Gasteiger partial charge on any atom is -0.507 e. The summed E-state index contributed by atoms with van der Waals surface area (Å²) >= 11 is 0. The topological polar surface area (TPSA) is 52.8 Å². The van der Waals surface area contributed by atoms with Gasteiger partial charge in [-0.1, -0.05) is 60.7 Å².